The van der Waals surface area contributed by atoms with Gasteiger partial charge in [0.2, 0.25) is 0 Å². The zero-order valence-electron chi connectivity index (χ0n) is 14.0. The van der Waals surface area contributed by atoms with Gasteiger partial charge in [0.25, 0.3) is 0 Å². The SMILES string of the molecule is Cc1nocc1CN1CCC(Oc2ccnc(CN(C)C)c2)C1. The third-order valence-electron chi connectivity index (χ3n) is 4.04. The van der Waals surface area contributed by atoms with E-state index in [1.165, 1.54) is 0 Å². The summed E-state index contributed by atoms with van der Waals surface area (Å²) in [6.07, 6.45) is 4.82. The second-order valence-corrected chi connectivity index (χ2v) is 6.41. The van der Waals surface area contributed by atoms with E-state index in [1.807, 2.05) is 39.3 Å². The Bertz CT molecular complexity index is 641. The second kappa shape index (κ2) is 7.10. The Morgan fingerprint density at radius 2 is 2.30 bits per heavy atom. The third kappa shape index (κ3) is 4.30. The predicted octanol–water partition coefficient (Wildman–Crippen LogP) is 2.09. The number of pyridine rings is 1. The van der Waals surface area contributed by atoms with Gasteiger partial charge in [-0.25, -0.2) is 0 Å². The Morgan fingerprint density at radius 1 is 1.43 bits per heavy atom. The lowest BCUT2D eigenvalue weighted by molar-refractivity contribution is 0.197. The molecule has 0 bridgehead atoms. The van der Waals surface area contributed by atoms with Gasteiger partial charge >= 0.3 is 0 Å². The first kappa shape index (κ1) is 16.0. The number of likely N-dealkylation sites (tertiary alicyclic amines) is 1. The summed E-state index contributed by atoms with van der Waals surface area (Å²) in [5.74, 6) is 0.907. The van der Waals surface area contributed by atoms with Crippen LogP contribution >= 0.6 is 0 Å². The van der Waals surface area contributed by atoms with E-state index < -0.39 is 0 Å². The Hall–Kier alpha value is -1.92. The molecule has 1 aliphatic rings. The van der Waals surface area contributed by atoms with Gasteiger partial charge in [0.15, 0.2) is 0 Å². The van der Waals surface area contributed by atoms with E-state index in [0.29, 0.717) is 0 Å². The fourth-order valence-electron chi connectivity index (χ4n) is 2.87. The highest BCUT2D eigenvalue weighted by Gasteiger charge is 2.25. The average Bonchev–Trinajstić information content (AvgIpc) is 3.09. The minimum Gasteiger partial charge on any atom is -0.489 e. The molecule has 3 heterocycles. The van der Waals surface area contributed by atoms with Crippen LogP contribution in [0.3, 0.4) is 0 Å². The summed E-state index contributed by atoms with van der Waals surface area (Å²) in [7, 11) is 4.08. The van der Waals surface area contributed by atoms with Crippen LogP contribution in [0.15, 0.2) is 29.1 Å². The van der Waals surface area contributed by atoms with Crippen molar-refractivity contribution >= 4 is 0 Å². The molecule has 0 N–H and O–H groups in total. The first-order valence-electron chi connectivity index (χ1n) is 7.98. The van der Waals surface area contributed by atoms with Crippen molar-refractivity contribution in [1.82, 2.24) is 19.9 Å². The number of rotatable bonds is 6. The van der Waals surface area contributed by atoms with E-state index >= 15 is 0 Å². The smallest absolute Gasteiger partial charge is 0.128 e. The van der Waals surface area contributed by atoms with Crippen molar-refractivity contribution in [3.63, 3.8) is 0 Å². The normalized spacial score (nSPS) is 18.7. The zero-order valence-corrected chi connectivity index (χ0v) is 14.0. The van der Waals surface area contributed by atoms with Gasteiger partial charge in [-0.2, -0.15) is 0 Å². The summed E-state index contributed by atoms with van der Waals surface area (Å²) < 4.78 is 11.1. The molecule has 1 saturated heterocycles. The fraction of sp³-hybridized carbons (Fsp3) is 0.529. The molecule has 0 radical (unpaired) electrons. The van der Waals surface area contributed by atoms with Crippen LogP contribution in [-0.4, -0.2) is 53.2 Å². The van der Waals surface area contributed by atoms with Gasteiger partial charge in [-0.15, -0.1) is 0 Å². The van der Waals surface area contributed by atoms with E-state index in [-0.39, 0.29) is 6.10 Å². The van der Waals surface area contributed by atoms with Crippen LogP contribution in [0.2, 0.25) is 0 Å². The molecule has 2 aromatic heterocycles. The number of hydrogen-bond donors (Lipinski definition) is 0. The summed E-state index contributed by atoms with van der Waals surface area (Å²) >= 11 is 0. The molecule has 1 fully saturated rings. The van der Waals surface area contributed by atoms with Gasteiger partial charge in [0, 0.05) is 44.0 Å². The van der Waals surface area contributed by atoms with Crippen molar-refractivity contribution in [2.75, 3.05) is 27.2 Å². The van der Waals surface area contributed by atoms with Crippen LogP contribution in [0, 0.1) is 6.92 Å². The van der Waals surface area contributed by atoms with Crippen LogP contribution in [0.5, 0.6) is 5.75 Å². The van der Waals surface area contributed by atoms with Crippen LogP contribution in [0.4, 0.5) is 0 Å². The number of aryl methyl sites for hydroxylation is 1. The number of nitrogens with zero attached hydrogens (tertiary/aromatic N) is 4. The van der Waals surface area contributed by atoms with Crippen molar-refractivity contribution < 1.29 is 9.26 Å². The molecule has 3 rings (SSSR count). The maximum absolute atomic E-state index is 6.14. The molecule has 0 aliphatic carbocycles. The lowest BCUT2D eigenvalue weighted by atomic mass is 10.2. The first-order chi connectivity index (χ1) is 11.1. The maximum atomic E-state index is 6.14. The van der Waals surface area contributed by atoms with Crippen LogP contribution < -0.4 is 4.74 Å². The lowest BCUT2D eigenvalue weighted by Crippen LogP contribution is -2.24. The number of hydrogen-bond acceptors (Lipinski definition) is 6. The van der Waals surface area contributed by atoms with Gasteiger partial charge < -0.3 is 14.2 Å². The lowest BCUT2D eigenvalue weighted by Gasteiger charge is -2.17. The highest BCUT2D eigenvalue weighted by Crippen LogP contribution is 2.21. The zero-order chi connectivity index (χ0) is 16.2. The topological polar surface area (TPSA) is 54.6 Å². The molecular formula is C17H24N4O2. The Kier molecular flexibility index (Phi) is 4.93. The standard InChI is InChI=1S/C17H24N4O2/c1-13-14(12-22-19-13)9-21-7-5-17(11-21)23-16-4-6-18-15(8-16)10-20(2)3/h4,6,8,12,17H,5,7,9-11H2,1-3H3. The van der Waals surface area contributed by atoms with Crippen molar-refractivity contribution in [2.24, 2.45) is 0 Å². The summed E-state index contributed by atoms with van der Waals surface area (Å²) in [5.41, 5.74) is 3.15. The highest BCUT2D eigenvalue weighted by atomic mass is 16.5. The largest absolute Gasteiger partial charge is 0.489 e. The Morgan fingerprint density at radius 3 is 3.04 bits per heavy atom. The average molecular weight is 316 g/mol. The van der Waals surface area contributed by atoms with E-state index in [9.17, 15) is 0 Å². The van der Waals surface area contributed by atoms with Crippen molar-refractivity contribution in [1.29, 1.82) is 0 Å². The molecule has 0 spiro atoms. The summed E-state index contributed by atoms with van der Waals surface area (Å²) in [4.78, 5) is 8.86. The summed E-state index contributed by atoms with van der Waals surface area (Å²) in [6, 6.07) is 3.97. The van der Waals surface area contributed by atoms with Crippen molar-refractivity contribution in [3.05, 3.63) is 41.5 Å². The maximum Gasteiger partial charge on any atom is 0.128 e. The fourth-order valence-corrected chi connectivity index (χ4v) is 2.87. The van der Waals surface area contributed by atoms with Crippen molar-refractivity contribution in [3.8, 4) is 5.75 Å². The third-order valence-corrected chi connectivity index (χ3v) is 4.04. The van der Waals surface area contributed by atoms with Gasteiger partial charge in [-0.05, 0) is 33.5 Å². The second-order valence-electron chi connectivity index (χ2n) is 6.41. The Labute approximate surface area is 137 Å². The van der Waals surface area contributed by atoms with E-state index in [2.05, 4.69) is 19.9 Å². The minimum absolute atomic E-state index is 0.227. The van der Waals surface area contributed by atoms with Gasteiger partial charge in [0.05, 0.1) is 11.4 Å². The molecular weight excluding hydrogens is 292 g/mol. The molecule has 124 valence electrons. The van der Waals surface area contributed by atoms with Gasteiger partial charge in [-0.3, -0.25) is 9.88 Å². The van der Waals surface area contributed by atoms with E-state index in [0.717, 1.165) is 55.3 Å². The van der Waals surface area contributed by atoms with Gasteiger partial charge in [-0.1, -0.05) is 5.16 Å². The molecule has 0 amide bonds. The number of ether oxygens (including phenoxy) is 1. The molecule has 0 aromatic carbocycles. The minimum atomic E-state index is 0.227. The molecule has 23 heavy (non-hydrogen) atoms. The van der Waals surface area contributed by atoms with Crippen molar-refractivity contribution in [2.45, 2.75) is 32.5 Å². The highest BCUT2D eigenvalue weighted by molar-refractivity contribution is 5.23. The Balaban J connectivity index is 1.54. The van der Waals surface area contributed by atoms with E-state index in [1.54, 1.807) is 6.26 Å². The van der Waals surface area contributed by atoms with Crippen LogP contribution in [-0.2, 0) is 13.1 Å². The molecule has 0 saturated carbocycles. The predicted molar refractivity (Wildman–Crippen MR) is 87.2 cm³/mol. The summed E-state index contributed by atoms with van der Waals surface area (Å²) in [5, 5.41) is 3.93. The first-order valence-corrected chi connectivity index (χ1v) is 7.98. The molecule has 1 atom stereocenters. The molecule has 6 heteroatoms. The number of aromatic nitrogens is 2. The molecule has 2 aromatic rings. The van der Waals surface area contributed by atoms with Gasteiger partial charge in [0.1, 0.15) is 18.1 Å². The van der Waals surface area contributed by atoms with E-state index in [4.69, 9.17) is 9.26 Å². The quantitative estimate of drug-likeness (QED) is 0.813. The van der Waals surface area contributed by atoms with Crippen LogP contribution in [0.25, 0.3) is 0 Å². The summed E-state index contributed by atoms with van der Waals surface area (Å²) in [6.45, 7) is 5.63. The molecule has 1 aliphatic heterocycles. The molecule has 1 unspecified atom stereocenters. The van der Waals surface area contributed by atoms with Crippen LogP contribution in [0.1, 0.15) is 23.4 Å². The molecule has 6 nitrogen and oxygen atoms in total. The monoisotopic (exact) mass is 316 g/mol.